The van der Waals surface area contributed by atoms with Gasteiger partial charge in [0.15, 0.2) is 23.3 Å². The summed E-state index contributed by atoms with van der Waals surface area (Å²) >= 11 is 0. The lowest BCUT2D eigenvalue weighted by molar-refractivity contribution is -0.471. The van der Waals surface area contributed by atoms with Crippen molar-refractivity contribution >= 4 is 40.7 Å². The molecule has 14 rings (SSSR count). The lowest BCUT2D eigenvalue weighted by atomic mass is 9.52. The van der Waals surface area contributed by atoms with Crippen LogP contribution in [0.5, 0.6) is 0 Å². The van der Waals surface area contributed by atoms with Crippen molar-refractivity contribution in [3.05, 3.63) is 131 Å². The van der Waals surface area contributed by atoms with Crippen LogP contribution in [0.4, 0.5) is 110 Å². The van der Waals surface area contributed by atoms with E-state index in [1.807, 2.05) is 20.8 Å². The van der Waals surface area contributed by atoms with Crippen molar-refractivity contribution in [1.29, 1.82) is 1.28 Å². The molecule has 2 aromatic carbocycles. The van der Waals surface area contributed by atoms with E-state index < -0.39 is 170 Å². The minimum atomic E-state index is -6.57. The van der Waals surface area contributed by atoms with Crippen molar-refractivity contribution in [2.75, 3.05) is 47.8 Å². The second-order valence-electron chi connectivity index (χ2n) is 28.5. The largest absolute Gasteiger partial charge is 0.504 e. The van der Waals surface area contributed by atoms with E-state index in [-0.39, 0.29) is 24.5 Å². The van der Waals surface area contributed by atoms with Gasteiger partial charge >= 0.3 is 53.8 Å². The third-order valence-electron chi connectivity index (χ3n) is 22.6. The Balaban J connectivity index is 0.000000165. The predicted molar refractivity (Wildman–Crippen MR) is 352 cm³/mol. The summed E-state index contributed by atoms with van der Waals surface area (Å²) < 4.78 is 364. The fourth-order valence-corrected chi connectivity index (χ4v) is 24.1. The number of ether oxygens (including phenoxy) is 1. The number of allylic oxidation sites excluding steroid dienone is 10. The van der Waals surface area contributed by atoms with Gasteiger partial charge in [-0.25, -0.2) is 43.7 Å². The molecule has 2 radical (unpaired) electrons. The van der Waals surface area contributed by atoms with Crippen molar-refractivity contribution in [2.24, 2.45) is 94.4 Å². The summed E-state index contributed by atoms with van der Waals surface area (Å²) in [5.41, 5.74) is -0.221. The van der Waals surface area contributed by atoms with Gasteiger partial charge in [0.25, 0.3) is 18.3 Å². The van der Waals surface area contributed by atoms with E-state index in [1.165, 1.54) is 67.6 Å². The monoisotopic (exact) mass is 1640 g/mol. The van der Waals surface area contributed by atoms with Crippen molar-refractivity contribution < 1.29 is 146 Å². The molecule has 2 aromatic rings. The quantitative estimate of drug-likeness (QED) is 0.0309. The molecule has 12 aliphatic carbocycles. The third kappa shape index (κ3) is 16.9. The Hall–Kier alpha value is -3.98. The molecule has 0 aliphatic heterocycles. The van der Waals surface area contributed by atoms with Crippen LogP contribution in [-0.2, 0) is 48.6 Å². The lowest BCUT2D eigenvalue weighted by Crippen LogP contribution is -2.76. The fraction of sp³-hybridized carbons (Fsp3) is 0.681. The number of hydrogen-bond acceptors (Lipinski definition) is 9. The molecule has 0 heterocycles. The average Bonchev–Trinajstić information content (AvgIpc) is 1.58. The van der Waals surface area contributed by atoms with E-state index in [2.05, 4.69) is 71.5 Å². The fourth-order valence-electron chi connectivity index (χ4n) is 17.8. The Morgan fingerprint density at radius 1 is 0.537 bits per heavy atom. The normalized spacial score (nSPS) is 33.5. The standard InChI is InChI=1S/C16H8F10.C14H16.C13H24O3Si.C12H12F6O.C10H18O3Si.C3F8O.CH5B2FNP/c17-9-8(10(18)12(20)13(21)11(9)19)16(25,26)14(22)6-4-1-2-5(3-4)7(6)15(14,23)24;1-2-4-11(5-3-1)8-14-10-12-6-7-13(14)9-12;1-4-14-17(15-5-2,16-6-3)13-10-11-7-8-12(13)9-11;13-10(14,15)3-4-19-12(18)9-7-2-1-6(5-7)8(9)11(12,16)17;1-11-14(12-2,13-3)10-7-8-4-5-9(10)6-8;4-1(5,2(6,7)8)3(9,10)12-11;2-1-3(5)6-4/h1-2,4-7H,3H2;1-7,12-14H,8-10H2;7-8,11-13H,4-6,9-10H2,1-3H3;1-2,6-9H,3-5H2;4-5,8-10H,6-7H2,1-3H3;;6H,1,5H2/i;;;;;;6T. The molecule has 606 valence electrons. The van der Waals surface area contributed by atoms with Gasteiger partial charge in [-0.05, 0) is 154 Å². The van der Waals surface area contributed by atoms with Crippen LogP contribution in [0.3, 0.4) is 0 Å². The molecule has 0 saturated heterocycles. The second-order valence-corrected chi connectivity index (χ2v) is 35.4. The van der Waals surface area contributed by atoms with Crippen LogP contribution >= 0.6 is 8.72 Å². The summed E-state index contributed by atoms with van der Waals surface area (Å²) in [5.74, 6) is -41.3. The highest BCUT2D eigenvalue weighted by Crippen LogP contribution is 2.76. The minimum Gasteiger partial charge on any atom is -0.377 e. The summed E-state index contributed by atoms with van der Waals surface area (Å²) in [7, 11) is 2.90. The first kappa shape index (κ1) is 88.0. The molecule has 12 aliphatic rings. The van der Waals surface area contributed by atoms with E-state index in [4.69, 9.17) is 41.3 Å². The van der Waals surface area contributed by atoms with Gasteiger partial charge in [0, 0.05) is 84.6 Å². The van der Waals surface area contributed by atoms with E-state index in [0.717, 1.165) is 29.6 Å². The average molecular weight is 1640 g/mol. The van der Waals surface area contributed by atoms with Gasteiger partial charge in [-0.2, -0.15) is 61.5 Å². The van der Waals surface area contributed by atoms with Gasteiger partial charge in [0.2, 0.25) is 11.5 Å². The predicted octanol–water partition coefficient (Wildman–Crippen LogP) is 20.1. The molecule has 10 bridgehead atoms. The first-order valence-corrected chi connectivity index (χ1v) is 39.5. The third-order valence-corrected chi connectivity index (χ3v) is 29.9. The van der Waals surface area contributed by atoms with E-state index >= 15 is 4.39 Å². The van der Waals surface area contributed by atoms with Crippen LogP contribution in [0.15, 0.2) is 91.1 Å². The molecule has 0 spiro atoms. The molecule has 7 saturated carbocycles. The summed E-state index contributed by atoms with van der Waals surface area (Å²) in [6, 6.07) is 10.9. The van der Waals surface area contributed by atoms with E-state index in [0.29, 0.717) is 49.2 Å². The lowest BCUT2D eigenvalue weighted by Gasteiger charge is -2.58. The first-order valence-electron chi connectivity index (χ1n) is 35.4. The highest BCUT2D eigenvalue weighted by atomic mass is 31.1. The Kier molecular flexibility index (Phi) is 28.2. The molecule has 39 heteroatoms. The Bertz CT molecular complexity index is 3490. The number of halogens is 25. The molecular weight excluding hydrogens is 1550 g/mol. The summed E-state index contributed by atoms with van der Waals surface area (Å²) in [6.07, 6.45) is 10.9. The van der Waals surface area contributed by atoms with Gasteiger partial charge in [-0.3, -0.25) is 0 Å². The number of fused-ring (bicyclic) bond motifs is 16. The van der Waals surface area contributed by atoms with Gasteiger partial charge in [-0.15, -0.1) is 4.94 Å². The minimum absolute atomic E-state index is 0.0379. The van der Waals surface area contributed by atoms with Crippen molar-refractivity contribution in [3.63, 3.8) is 0 Å². The molecule has 20 unspecified atom stereocenters. The molecule has 9 nitrogen and oxygen atoms in total. The molecule has 7 fully saturated rings. The highest BCUT2D eigenvalue weighted by molar-refractivity contribution is 7.72. The van der Waals surface area contributed by atoms with Crippen molar-refractivity contribution in [3.8, 4) is 0 Å². The van der Waals surface area contributed by atoms with E-state index in [9.17, 15) is 105 Å². The Morgan fingerprint density at radius 2 is 0.944 bits per heavy atom. The molecule has 108 heavy (non-hydrogen) atoms. The molecule has 2 N–H and O–H groups in total. The molecule has 0 aromatic heterocycles. The van der Waals surface area contributed by atoms with Gasteiger partial charge in [0.05, 0.1) is 22.2 Å². The van der Waals surface area contributed by atoms with Crippen molar-refractivity contribution in [1.82, 2.24) is 0 Å². The van der Waals surface area contributed by atoms with Crippen LogP contribution < -0.4 is 5.64 Å². The maximum atomic E-state index is 15.1. The highest BCUT2D eigenvalue weighted by Gasteiger charge is 2.90. The molecule has 20 atom stereocenters. The SMILES string of the molecule is C1=CC2CC1CC2Cc1ccccc1.CCO[Si](OCC)(OCC)C1CC2C=CC1C2.CO[Si](OC)(OC)C1CC2C=CC1C2.FC(F)(F)CCOC1(F)C2C3C=CC(C3)C2C1(F)F.FOC(F)(F)C(F)(F)C(F)(F)F.Fc1c(F)c(F)c(C(F)(F)C2(F)C3C4C=CC(C4)C3C2(F)F)c(F)c1F.[3H]P(F)B(N)C[B]. The number of rotatable bonds is 22. The number of hydrogen-bond donors (Lipinski definition) is 1. The Labute approximate surface area is 615 Å². The maximum absolute atomic E-state index is 15.1. The van der Waals surface area contributed by atoms with Crippen LogP contribution in [0.1, 0.15) is 89.7 Å². The van der Waals surface area contributed by atoms with Gasteiger partial charge in [0.1, 0.15) is 5.56 Å². The zero-order valence-electron chi connectivity index (χ0n) is 60.0. The summed E-state index contributed by atoms with van der Waals surface area (Å²) in [4.78, 5) is 1.23. The van der Waals surface area contributed by atoms with Crippen molar-refractivity contribution in [2.45, 2.75) is 156 Å². The first-order chi connectivity index (χ1) is 50.7. The zero-order valence-corrected chi connectivity index (χ0v) is 61.9. The van der Waals surface area contributed by atoms with Crippen LogP contribution in [0.25, 0.3) is 0 Å². The maximum Gasteiger partial charge on any atom is 0.504 e. The van der Waals surface area contributed by atoms with E-state index in [1.54, 1.807) is 33.5 Å². The van der Waals surface area contributed by atoms with Crippen LogP contribution in [0.2, 0.25) is 17.3 Å². The molecule has 0 amide bonds. The number of nitrogens with two attached hydrogens (primary N) is 1. The van der Waals surface area contributed by atoms with Crippen LogP contribution in [0, 0.1) is 118 Å². The second kappa shape index (κ2) is 34.6. The topological polar surface area (TPSA) is 99.9 Å². The zero-order chi connectivity index (χ0) is 81.4. The Morgan fingerprint density at radius 3 is 1.30 bits per heavy atom. The summed E-state index contributed by atoms with van der Waals surface area (Å²) in [6.45, 7) is 6.32. The number of alkyl halides is 18. The summed E-state index contributed by atoms with van der Waals surface area (Å²) in [5, 5.41) is 0. The van der Waals surface area contributed by atoms with Crippen LogP contribution in [-0.4, -0.2) is 129 Å². The smallest absolute Gasteiger partial charge is 0.377 e. The van der Waals surface area contributed by atoms with Gasteiger partial charge < -0.3 is 36.9 Å². The van der Waals surface area contributed by atoms with Gasteiger partial charge in [-0.1, -0.05) is 97.3 Å². The number of benzene rings is 2. The molecular formula is C69H83B2F25NO8PSi2.